The maximum Gasteiger partial charge on any atom is 0.0386 e. The molecule has 0 N–H and O–H groups in total. The Hall–Kier alpha value is -0.990. The zero-order valence-electron chi connectivity index (χ0n) is 5.03. The van der Waals surface area contributed by atoms with E-state index in [2.05, 4.69) is 26.0 Å². The van der Waals surface area contributed by atoms with Crippen LogP contribution >= 0.6 is 15.9 Å². The molecule has 3 nitrogen and oxygen atoms in total. The van der Waals surface area contributed by atoms with Gasteiger partial charge in [0.25, 0.3) is 0 Å². The molecule has 0 aliphatic rings. The lowest BCUT2D eigenvalue weighted by molar-refractivity contribution is 1.46. The van der Waals surface area contributed by atoms with Crippen LogP contribution in [0.5, 0.6) is 0 Å². The van der Waals surface area contributed by atoms with Crippen LogP contribution in [-0.4, -0.2) is 0 Å². The van der Waals surface area contributed by atoms with Crippen molar-refractivity contribution in [2.45, 2.75) is 0 Å². The summed E-state index contributed by atoms with van der Waals surface area (Å²) in [6, 6.07) is 7.18. The van der Waals surface area contributed by atoms with Crippen molar-refractivity contribution in [3.05, 3.63) is 39.2 Å². The zero-order valence-corrected chi connectivity index (χ0v) is 6.62. The Balaban J connectivity index is 3.06. The number of hydrogen-bond acceptors (Lipinski definition) is 1. The third kappa shape index (κ3) is 1.76. The van der Waals surface area contributed by atoms with Gasteiger partial charge in [-0.1, -0.05) is 33.2 Å². The third-order valence-electron chi connectivity index (χ3n) is 0.968. The molecule has 0 unspecified atom stereocenters. The number of nitrogens with zero attached hydrogens (tertiary/aromatic N) is 3. The predicted octanol–water partition coefficient (Wildman–Crippen LogP) is 3.39. The van der Waals surface area contributed by atoms with Gasteiger partial charge in [0.05, 0.1) is 0 Å². The normalized spacial score (nSPS) is 8.50. The summed E-state index contributed by atoms with van der Waals surface area (Å²) in [4.78, 5) is 2.65. The minimum Gasteiger partial charge on any atom is -0.0607 e. The highest BCUT2D eigenvalue weighted by Crippen LogP contribution is 2.17. The lowest BCUT2D eigenvalue weighted by atomic mass is 10.3. The second-order valence-corrected chi connectivity index (χ2v) is 2.58. The van der Waals surface area contributed by atoms with E-state index in [9.17, 15) is 0 Å². The van der Waals surface area contributed by atoms with E-state index in [0.29, 0.717) is 5.69 Å². The molecule has 0 bridgehead atoms. The van der Waals surface area contributed by atoms with Crippen LogP contribution in [0.4, 0.5) is 5.69 Å². The molecule has 0 aromatic heterocycles. The van der Waals surface area contributed by atoms with Gasteiger partial charge in [-0.15, -0.1) is 0 Å². The molecule has 0 radical (unpaired) electrons. The molecule has 0 aliphatic heterocycles. The summed E-state index contributed by atoms with van der Waals surface area (Å²) >= 11 is 3.25. The van der Waals surface area contributed by atoms with Crippen molar-refractivity contribution in [3.8, 4) is 0 Å². The highest BCUT2D eigenvalue weighted by Gasteiger charge is 1.86. The van der Waals surface area contributed by atoms with Crippen molar-refractivity contribution < 1.29 is 0 Å². The molecule has 0 fully saturated rings. The molecule has 1 aromatic rings. The van der Waals surface area contributed by atoms with Crippen molar-refractivity contribution in [2.24, 2.45) is 5.11 Å². The Morgan fingerprint density at radius 3 is 2.90 bits per heavy atom. The van der Waals surface area contributed by atoms with Gasteiger partial charge in [0.15, 0.2) is 0 Å². The lowest BCUT2D eigenvalue weighted by Gasteiger charge is -1.89. The van der Waals surface area contributed by atoms with Gasteiger partial charge < -0.3 is 0 Å². The molecule has 0 aliphatic carbocycles. The molecule has 0 saturated heterocycles. The maximum absolute atomic E-state index is 8.05. The number of rotatable bonds is 1. The minimum atomic E-state index is 0.622. The van der Waals surface area contributed by atoms with Crippen LogP contribution < -0.4 is 0 Å². The topological polar surface area (TPSA) is 48.8 Å². The molecule has 0 amide bonds. The molecule has 0 heterocycles. The van der Waals surface area contributed by atoms with E-state index < -0.39 is 0 Å². The van der Waals surface area contributed by atoms with E-state index in [1.54, 1.807) is 12.1 Å². The maximum atomic E-state index is 8.05. The van der Waals surface area contributed by atoms with Crippen LogP contribution in [0.15, 0.2) is 33.9 Å². The van der Waals surface area contributed by atoms with E-state index in [1.165, 1.54) is 0 Å². The summed E-state index contributed by atoms with van der Waals surface area (Å²) in [5.41, 5.74) is 8.68. The van der Waals surface area contributed by atoms with Crippen LogP contribution in [0.25, 0.3) is 10.4 Å². The van der Waals surface area contributed by atoms with E-state index in [1.807, 2.05) is 12.1 Å². The van der Waals surface area contributed by atoms with Crippen molar-refractivity contribution in [2.75, 3.05) is 0 Å². The molecule has 1 rings (SSSR count). The standard InChI is InChI=1S/C6H4BrN3/c7-5-2-1-3-6(4-5)9-10-8/h1-4H. The Morgan fingerprint density at radius 1 is 1.50 bits per heavy atom. The average Bonchev–Trinajstić information content (AvgIpc) is 1.88. The van der Waals surface area contributed by atoms with Gasteiger partial charge in [-0.2, -0.15) is 0 Å². The fraction of sp³-hybridized carbons (Fsp3) is 0. The Bertz CT molecular complexity index is 278. The highest BCUT2D eigenvalue weighted by atomic mass is 79.9. The number of halogens is 1. The molecule has 0 atom stereocenters. The summed E-state index contributed by atoms with van der Waals surface area (Å²) in [5.74, 6) is 0. The fourth-order valence-corrected chi connectivity index (χ4v) is 0.977. The molecule has 0 spiro atoms. The fourth-order valence-electron chi connectivity index (χ4n) is 0.590. The quantitative estimate of drug-likeness (QED) is 0.377. The van der Waals surface area contributed by atoms with Gasteiger partial charge >= 0.3 is 0 Å². The monoisotopic (exact) mass is 197 g/mol. The first-order valence-electron chi connectivity index (χ1n) is 2.63. The second kappa shape index (κ2) is 3.25. The van der Waals surface area contributed by atoms with E-state index in [4.69, 9.17) is 5.53 Å². The largest absolute Gasteiger partial charge is 0.0607 e. The third-order valence-corrected chi connectivity index (χ3v) is 1.46. The average molecular weight is 198 g/mol. The van der Waals surface area contributed by atoms with Crippen LogP contribution in [0.2, 0.25) is 0 Å². The molecule has 4 heteroatoms. The summed E-state index contributed by atoms with van der Waals surface area (Å²) < 4.78 is 0.914. The van der Waals surface area contributed by atoms with Crippen LogP contribution in [-0.2, 0) is 0 Å². The molecule has 10 heavy (non-hydrogen) atoms. The predicted molar refractivity (Wildman–Crippen MR) is 42.9 cm³/mol. The van der Waals surface area contributed by atoms with Gasteiger partial charge in [-0.3, -0.25) is 0 Å². The van der Waals surface area contributed by atoms with Gasteiger partial charge in [0.2, 0.25) is 0 Å². The summed E-state index contributed by atoms with van der Waals surface area (Å²) in [6.45, 7) is 0. The van der Waals surface area contributed by atoms with Gasteiger partial charge in [0, 0.05) is 15.1 Å². The van der Waals surface area contributed by atoms with Crippen molar-refractivity contribution >= 4 is 21.6 Å². The molecule has 50 valence electrons. The smallest absolute Gasteiger partial charge is 0.0386 e. The first-order chi connectivity index (χ1) is 4.83. The summed E-state index contributed by atoms with van der Waals surface area (Å²) in [5, 5.41) is 3.42. The Kier molecular flexibility index (Phi) is 2.31. The second-order valence-electron chi connectivity index (χ2n) is 1.67. The van der Waals surface area contributed by atoms with Crippen molar-refractivity contribution in [3.63, 3.8) is 0 Å². The van der Waals surface area contributed by atoms with E-state index in [-0.39, 0.29) is 0 Å². The molecular formula is C6H4BrN3. The van der Waals surface area contributed by atoms with E-state index in [0.717, 1.165) is 4.47 Å². The van der Waals surface area contributed by atoms with Gasteiger partial charge in [-0.25, -0.2) is 0 Å². The van der Waals surface area contributed by atoms with Gasteiger partial charge in [0.1, 0.15) is 0 Å². The Morgan fingerprint density at radius 2 is 2.30 bits per heavy atom. The van der Waals surface area contributed by atoms with Crippen molar-refractivity contribution in [1.82, 2.24) is 0 Å². The van der Waals surface area contributed by atoms with Crippen LogP contribution in [0.1, 0.15) is 0 Å². The SMILES string of the molecule is [N-]=[N+]=Nc1cccc(Br)c1. The first-order valence-corrected chi connectivity index (χ1v) is 3.43. The lowest BCUT2D eigenvalue weighted by Crippen LogP contribution is -1.61. The molecule has 1 aromatic carbocycles. The zero-order chi connectivity index (χ0) is 7.40. The number of hydrogen-bond donors (Lipinski definition) is 0. The minimum absolute atomic E-state index is 0.622. The number of azide groups is 1. The van der Waals surface area contributed by atoms with Crippen LogP contribution in [0, 0.1) is 0 Å². The molecule has 0 saturated carbocycles. The van der Waals surface area contributed by atoms with E-state index >= 15 is 0 Å². The van der Waals surface area contributed by atoms with Crippen LogP contribution in [0.3, 0.4) is 0 Å². The van der Waals surface area contributed by atoms with Gasteiger partial charge in [-0.05, 0) is 17.7 Å². The van der Waals surface area contributed by atoms with Crippen molar-refractivity contribution in [1.29, 1.82) is 0 Å². The summed E-state index contributed by atoms with van der Waals surface area (Å²) in [7, 11) is 0. The summed E-state index contributed by atoms with van der Waals surface area (Å²) in [6.07, 6.45) is 0. The molecular weight excluding hydrogens is 194 g/mol. The highest BCUT2D eigenvalue weighted by molar-refractivity contribution is 9.10. The number of benzene rings is 1. The first kappa shape index (κ1) is 7.12. The Labute approximate surface area is 66.4 Å².